The molecular formula is C16H11N3S. The number of thioether (sulfide) groups is 1. The molecule has 0 bridgehead atoms. The summed E-state index contributed by atoms with van der Waals surface area (Å²) in [4.78, 5) is 0. The zero-order valence-electron chi connectivity index (χ0n) is 10.7. The first-order chi connectivity index (χ1) is 9.88. The van der Waals surface area contributed by atoms with Gasteiger partial charge in [0.2, 0.25) is 0 Å². The molecule has 0 atom stereocenters. The van der Waals surface area contributed by atoms with E-state index in [4.69, 9.17) is 5.26 Å². The number of nitrogens with zero attached hydrogens (tertiary/aromatic N) is 3. The summed E-state index contributed by atoms with van der Waals surface area (Å²) < 4.78 is 0. The number of aromatic nitrogens is 2. The lowest BCUT2D eigenvalue weighted by atomic mass is 10.1. The summed E-state index contributed by atoms with van der Waals surface area (Å²) in [5.74, 6) is 0.715. The van der Waals surface area contributed by atoms with Gasteiger partial charge in [0.25, 0.3) is 0 Å². The highest BCUT2D eigenvalue weighted by Gasteiger charge is 2.06. The van der Waals surface area contributed by atoms with Crippen molar-refractivity contribution in [2.24, 2.45) is 0 Å². The molecule has 0 aliphatic rings. The van der Waals surface area contributed by atoms with Crippen molar-refractivity contribution in [2.75, 3.05) is 0 Å². The van der Waals surface area contributed by atoms with E-state index < -0.39 is 0 Å². The summed E-state index contributed by atoms with van der Waals surface area (Å²) in [6, 6.07) is 17.9. The second kappa shape index (κ2) is 5.72. The Morgan fingerprint density at radius 2 is 1.85 bits per heavy atom. The fourth-order valence-corrected chi connectivity index (χ4v) is 3.00. The molecule has 20 heavy (non-hydrogen) atoms. The first kappa shape index (κ1) is 12.6. The minimum Gasteiger partial charge on any atom is -0.192 e. The van der Waals surface area contributed by atoms with E-state index in [0.717, 1.165) is 21.4 Å². The smallest absolute Gasteiger partial charge is 0.127 e. The van der Waals surface area contributed by atoms with Crippen LogP contribution in [-0.2, 0) is 5.75 Å². The van der Waals surface area contributed by atoms with Gasteiger partial charge in [-0.05, 0) is 11.6 Å². The molecule has 0 aliphatic heterocycles. The molecule has 3 nitrogen and oxygen atoms in total. The van der Waals surface area contributed by atoms with Crippen LogP contribution in [-0.4, -0.2) is 10.2 Å². The highest BCUT2D eigenvalue weighted by atomic mass is 32.2. The molecule has 0 saturated heterocycles. The first-order valence-electron chi connectivity index (χ1n) is 6.20. The van der Waals surface area contributed by atoms with Crippen LogP contribution in [0.5, 0.6) is 0 Å². The van der Waals surface area contributed by atoms with Gasteiger partial charge in [-0.3, -0.25) is 0 Å². The summed E-state index contributed by atoms with van der Waals surface area (Å²) in [6.45, 7) is 0. The Morgan fingerprint density at radius 3 is 2.75 bits per heavy atom. The van der Waals surface area contributed by atoms with E-state index in [1.807, 2.05) is 48.5 Å². The van der Waals surface area contributed by atoms with Crippen molar-refractivity contribution in [3.05, 3.63) is 65.9 Å². The summed E-state index contributed by atoms with van der Waals surface area (Å²) in [5.41, 5.74) is 1.74. The SMILES string of the molecule is N#Cc1ccccc1CSc1nncc2ccccc12. The Labute approximate surface area is 121 Å². The largest absolute Gasteiger partial charge is 0.192 e. The van der Waals surface area contributed by atoms with Crippen molar-refractivity contribution in [1.29, 1.82) is 5.26 Å². The molecule has 2 aromatic carbocycles. The van der Waals surface area contributed by atoms with Crippen molar-refractivity contribution >= 4 is 22.5 Å². The van der Waals surface area contributed by atoms with Gasteiger partial charge in [0, 0.05) is 16.5 Å². The number of nitriles is 1. The van der Waals surface area contributed by atoms with Crippen LogP contribution in [0.25, 0.3) is 10.8 Å². The monoisotopic (exact) mass is 277 g/mol. The number of rotatable bonds is 3. The molecule has 0 N–H and O–H groups in total. The predicted molar refractivity (Wildman–Crippen MR) is 80.3 cm³/mol. The average Bonchev–Trinajstić information content (AvgIpc) is 2.53. The summed E-state index contributed by atoms with van der Waals surface area (Å²) in [7, 11) is 0. The Morgan fingerprint density at radius 1 is 1.05 bits per heavy atom. The van der Waals surface area contributed by atoms with Gasteiger partial charge < -0.3 is 0 Å². The van der Waals surface area contributed by atoms with Crippen LogP contribution < -0.4 is 0 Å². The number of benzene rings is 2. The van der Waals surface area contributed by atoms with Crippen molar-refractivity contribution in [1.82, 2.24) is 10.2 Å². The fraction of sp³-hybridized carbons (Fsp3) is 0.0625. The van der Waals surface area contributed by atoms with Crippen LogP contribution in [0.15, 0.2) is 59.8 Å². The topological polar surface area (TPSA) is 49.6 Å². The zero-order chi connectivity index (χ0) is 13.8. The highest BCUT2D eigenvalue weighted by molar-refractivity contribution is 7.98. The number of fused-ring (bicyclic) bond motifs is 1. The molecule has 1 aromatic heterocycles. The van der Waals surface area contributed by atoms with Crippen molar-refractivity contribution in [3.8, 4) is 6.07 Å². The van der Waals surface area contributed by atoms with E-state index in [9.17, 15) is 0 Å². The van der Waals surface area contributed by atoms with Gasteiger partial charge in [-0.2, -0.15) is 10.4 Å². The molecule has 0 unspecified atom stereocenters. The fourth-order valence-electron chi connectivity index (χ4n) is 2.01. The maximum atomic E-state index is 9.10. The van der Waals surface area contributed by atoms with E-state index in [2.05, 4.69) is 16.3 Å². The van der Waals surface area contributed by atoms with Gasteiger partial charge in [-0.25, -0.2) is 0 Å². The second-order valence-electron chi connectivity index (χ2n) is 4.29. The van der Waals surface area contributed by atoms with E-state index in [1.54, 1.807) is 18.0 Å². The predicted octanol–water partition coefficient (Wildman–Crippen LogP) is 3.79. The standard InChI is InChI=1S/C16H11N3S/c17-9-12-5-1-2-7-14(12)11-20-16-15-8-4-3-6-13(15)10-18-19-16/h1-8,10H,11H2. The van der Waals surface area contributed by atoms with E-state index in [1.165, 1.54) is 0 Å². The van der Waals surface area contributed by atoms with Crippen molar-refractivity contribution < 1.29 is 0 Å². The highest BCUT2D eigenvalue weighted by Crippen LogP contribution is 2.28. The molecule has 0 aliphatic carbocycles. The van der Waals surface area contributed by atoms with Gasteiger partial charge in [-0.15, -0.1) is 5.10 Å². The van der Waals surface area contributed by atoms with Gasteiger partial charge in [-0.1, -0.05) is 54.2 Å². The quantitative estimate of drug-likeness (QED) is 0.683. The second-order valence-corrected chi connectivity index (χ2v) is 5.26. The Bertz CT molecular complexity index is 788. The lowest BCUT2D eigenvalue weighted by Crippen LogP contribution is -1.90. The van der Waals surface area contributed by atoms with Crippen LogP contribution in [0.4, 0.5) is 0 Å². The minimum absolute atomic E-state index is 0.715. The summed E-state index contributed by atoms with van der Waals surface area (Å²) in [5, 5.41) is 20.4. The Balaban J connectivity index is 1.89. The summed E-state index contributed by atoms with van der Waals surface area (Å²) >= 11 is 1.61. The van der Waals surface area contributed by atoms with Gasteiger partial charge in [0.05, 0.1) is 17.8 Å². The average molecular weight is 277 g/mol. The van der Waals surface area contributed by atoms with E-state index in [-0.39, 0.29) is 0 Å². The molecule has 0 saturated carbocycles. The molecule has 0 amide bonds. The lowest BCUT2D eigenvalue weighted by molar-refractivity contribution is 0.955. The summed E-state index contributed by atoms with van der Waals surface area (Å²) in [6.07, 6.45) is 1.77. The van der Waals surface area contributed by atoms with E-state index in [0.29, 0.717) is 11.3 Å². The molecule has 96 valence electrons. The third-order valence-corrected chi connectivity index (χ3v) is 4.07. The minimum atomic E-state index is 0.715. The van der Waals surface area contributed by atoms with Crippen LogP contribution in [0, 0.1) is 11.3 Å². The van der Waals surface area contributed by atoms with Gasteiger partial charge in [0.1, 0.15) is 5.03 Å². The van der Waals surface area contributed by atoms with Crippen molar-refractivity contribution in [3.63, 3.8) is 0 Å². The molecule has 3 rings (SSSR count). The first-order valence-corrected chi connectivity index (χ1v) is 7.18. The van der Waals surface area contributed by atoms with Crippen LogP contribution >= 0.6 is 11.8 Å². The molecular weight excluding hydrogens is 266 g/mol. The third-order valence-electron chi connectivity index (χ3n) is 3.04. The Hall–Kier alpha value is -2.38. The third kappa shape index (κ3) is 2.49. The van der Waals surface area contributed by atoms with Crippen molar-refractivity contribution in [2.45, 2.75) is 10.8 Å². The molecule has 0 radical (unpaired) electrons. The lowest BCUT2D eigenvalue weighted by Gasteiger charge is -2.05. The molecule has 0 fully saturated rings. The Kier molecular flexibility index (Phi) is 3.62. The number of hydrogen-bond donors (Lipinski definition) is 0. The normalized spacial score (nSPS) is 10.3. The maximum Gasteiger partial charge on any atom is 0.127 e. The molecule has 1 heterocycles. The van der Waals surface area contributed by atoms with Crippen LogP contribution in [0.3, 0.4) is 0 Å². The van der Waals surface area contributed by atoms with E-state index >= 15 is 0 Å². The molecule has 4 heteroatoms. The van der Waals surface area contributed by atoms with Crippen LogP contribution in [0.2, 0.25) is 0 Å². The van der Waals surface area contributed by atoms with Gasteiger partial charge in [0.15, 0.2) is 0 Å². The van der Waals surface area contributed by atoms with Gasteiger partial charge >= 0.3 is 0 Å². The zero-order valence-corrected chi connectivity index (χ0v) is 11.5. The maximum absolute atomic E-state index is 9.10. The molecule has 0 spiro atoms. The molecule has 3 aromatic rings. The number of hydrogen-bond acceptors (Lipinski definition) is 4. The van der Waals surface area contributed by atoms with Crippen LogP contribution in [0.1, 0.15) is 11.1 Å².